The van der Waals surface area contributed by atoms with Crippen molar-refractivity contribution in [3.05, 3.63) is 0 Å². The second-order valence-electron chi connectivity index (χ2n) is 4.09. The van der Waals surface area contributed by atoms with E-state index in [1.165, 1.54) is 19.3 Å². The highest BCUT2D eigenvalue weighted by molar-refractivity contribution is 9.09. The lowest BCUT2D eigenvalue weighted by molar-refractivity contribution is 0.430. The van der Waals surface area contributed by atoms with Gasteiger partial charge in [0.05, 0.1) is 0 Å². The summed E-state index contributed by atoms with van der Waals surface area (Å²) in [6.07, 6.45) is 4.07. The van der Waals surface area contributed by atoms with Gasteiger partial charge in [-0.1, -0.05) is 56.5 Å². The molecule has 0 spiro atoms. The van der Waals surface area contributed by atoms with Crippen LogP contribution in [0.15, 0.2) is 0 Å². The molecular formula is C10H21Br. The van der Waals surface area contributed by atoms with Crippen molar-refractivity contribution < 1.29 is 0 Å². The molecule has 0 aliphatic rings. The van der Waals surface area contributed by atoms with Crippen molar-refractivity contribution in [1.82, 2.24) is 0 Å². The fraction of sp³-hybridized carbons (Fsp3) is 1.00. The van der Waals surface area contributed by atoms with Crippen molar-refractivity contribution in [2.75, 3.05) is 0 Å². The Bertz CT molecular complexity index is 86.9. The first-order chi connectivity index (χ1) is 5.02. The molecule has 11 heavy (non-hydrogen) atoms. The molecule has 0 saturated carbocycles. The molecule has 0 fully saturated rings. The van der Waals surface area contributed by atoms with Crippen molar-refractivity contribution >= 4 is 15.9 Å². The maximum absolute atomic E-state index is 3.58. The Hall–Kier alpha value is 0.480. The zero-order valence-corrected chi connectivity index (χ0v) is 9.82. The summed E-state index contributed by atoms with van der Waals surface area (Å²) in [5.41, 5.74) is 0. The predicted molar refractivity (Wildman–Crippen MR) is 56.2 cm³/mol. The van der Waals surface area contributed by atoms with E-state index in [-0.39, 0.29) is 0 Å². The third-order valence-electron chi connectivity index (χ3n) is 1.96. The van der Waals surface area contributed by atoms with Gasteiger partial charge in [0, 0.05) is 4.83 Å². The molecule has 2 atom stereocenters. The third-order valence-corrected chi connectivity index (χ3v) is 2.34. The van der Waals surface area contributed by atoms with Gasteiger partial charge in [0.1, 0.15) is 0 Å². The Balaban J connectivity index is 3.29. The molecule has 0 heterocycles. The second-order valence-corrected chi connectivity index (χ2v) is 5.66. The van der Waals surface area contributed by atoms with E-state index in [0.29, 0.717) is 4.83 Å². The number of hydrogen-bond donors (Lipinski definition) is 0. The molecule has 0 N–H and O–H groups in total. The van der Waals surface area contributed by atoms with Gasteiger partial charge < -0.3 is 0 Å². The minimum Gasteiger partial charge on any atom is -0.0894 e. The summed E-state index contributed by atoms with van der Waals surface area (Å²) in [7, 11) is 0. The van der Waals surface area contributed by atoms with Gasteiger partial charge in [0.25, 0.3) is 0 Å². The van der Waals surface area contributed by atoms with Crippen LogP contribution < -0.4 is 0 Å². The van der Waals surface area contributed by atoms with E-state index in [0.717, 1.165) is 11.8 Å². The monoisotopic (exact) mass is 220 g/mol. The first-order valence-electron chi connectivity index (χ1n) is 4.66. The third kappa shape index (κ3) is 8.39. The standard InChI is InChI=1S/C10H21Br/c1-8(2)5-6-9(3)7-10(4)11/h8-10H,5-7H2,1-4H3. The zero-order chi connectivity index (χ0) is 8.85. The lowest BCUT2D eigenvalue weighted by Crippen LogP contribution is -2.03. The van der Waals surface area contributed by atoms with Gasteiger partial charge in [-0.25, -0.2) is 0 Å². The molecule has 0 radical (unpaired) electrons. The van der Waals surface area contributed by atoms with Crippen molar-refractivity contribution in [2.24, 2.45) is 11.8 Å². The van der Waals surface area contributed by atoms with Crippen LogP contribution in [0, 0.1) is 11.8 Å². The summed E-state index contributed by atoms with van der Waals surface area (Å²) in [5, 5.41) is 0. The molecule has 68 valence electrons. The average Bonchev–Trinajstić information content (AvgIpc) is 1.82. The Labute approximate surface area is 79.9 Å². The number of hydrogen-bond acceptors (Lipinski definition) is 0. The maximum atomic E-state index is 3.58. The first kappa shape index (κ1) is 11.5. The smallest absolute Gasteiger partial charge is 0.0120 e. The van der Waals surface area contributed by atoms with E-state index >= 15 is 0 Å². The summed E-state index contributed by atoms with van der Waals surface area (Å²) in [6, 6.07) is 0. The van der Waals surface area contributed by atoms with Gasteiger partial charge in [-0.15, -0.1) is 0 Å². The molecule has 0 aromatic rings. The molecule has 0 aromatic heterocycles. The highest BCUT2D eigenvalue weighted by Crippen LogP contribution is 2.19. The summed E-state index contributed by atoms with van der Waals surface area (Å²) in [5.74, 6) is 1.75. The Morgan fingerprint density at radius 2 is 1.55 bits per heavy atom. The normalized spacial score (nSPS) is 16.9. The SMILES string of the molecule is CC(C)CCC(C)CC(C)Br. The van der Waals surface area contributed by atoms with Gasteiger partial charge in [-0.3, -0.25) is 0 Å². The van der Waals surface area contributed by atoms with E-state index in [9.17, 15) is 0 Å². The molecule has 1 heteroatoms. The van der Waals surface area contributed by atoms with Crippen LogP contribution in [-0.4, -0.2) is 4.83 Å². The average molecular weight is 221 g/mol. The molecule has 0 aromatic carbocycles. The van der Waals surface area contributed by atoms with Crippen LogP contribution in [0.4, 0.5) is 0 Å². The molecule has 2 unspecified atom stereocenters. The highest BCUT2D eigenvalue weighted by atomic mass is 79.9. The molecule has 0 aliphatic carbocycles. The number of rotatable bonds is 5. The van der Waals surface area contributed by atoms with E-state index in [2.05, 4.69) is 43.6 Å². The zero-order valence-electron chi connectivity index (χ0n) is 8.23. The fourth-order valence-electron chi connectivity index (χ4n) is 1.29. The van der Waals surface area contributed by atoms with Crippen LogP contribution in [0.1, 0.15) is 47.0 Å². The van der Waals surface area contributed by atoms with Crippen LogP contribution in [0.25, 0.3) is 0 Å². The Morgan fingerprint density at radius 3 is 1.91 bits per heavy atom. The van der Waals surface area contributed by atoms with Crippen LogP contribution in [-0.2, 0) is 0 Å². The summed E-state index contributed by atoms with van der Waals surface area (Å²) in [6.45, 7) is 9.17. The molecule has 0 nitrogen and oxygen atoms in total. The minimum absolute atomic E-state index is 0.685. The molecule has 0 bridgehead atoms. The van der Waals surface area contributed by atoms with Crippen molar-refractivity contribution in [3.8, 4) is 0 Å². The van der Waals surface area contributed by atoms with Gasteiger partial charge in [0.2, 0.25) is 0 Å². The van der Waals surface area contributed by atoms with Crippen molar-refractivity contribution in [2.45, 2.75) is 51.8 Å². The van der Waals surface area contributed by atoms with Crippen LogP contribution in [0.5, 0.6) is 0 Å². The highest BCUT2D eigenvalue weighted by Gasteiger charge is 2.06. The van der Waals surface area contributed by atoms with Crippen LogP contribution in [0.3, 0.4) is 0 Å². The van der Waals surface area contributed by atoms with E-state index in [1.807, 2.05) is 0 Å². The quantitative estimate of drug-likeness (QED) is 0.609. The minimum atomic E-state index is 0.685. The maximum Gasteiger partial charge on any atom is 0.0120 e. The Morgan fingerprint density at radius 1 is 1.00 bits per heavy atom. The number of halogens is 1. The topological polar surface area (TPSA) is 0 Å². The fourth-order valence-corrected chi connectivity index (χ4v) is 1.93. The lowest BCUT2D eigenvalue weighted by atomic mass is 9.96. The number of alkyl halides is 1. The van der Waals surface area contributed by atoms with Crippen molar-refractivity contribution in [3.63, 3.8) is 0 Å². The predicted octanol–water partition coefficient (Wildman–Crippen LogP) is 4.23. The second kappa shape index (κ2) is 6.05. The van der Waals surface area contributed by atoms with E-state index in [1.54, 1.807) is 0 Å². The van der Waals surface area contributed by atoms with Crippen molar-refractivity contribution in [1.29, 1.82) is 0 Å². The van der Waals surface area contributed by atoms with Gasteiger partial charge in [-0.2, -0.15) is 0 Å². The van der Waals surface area contributed by atoms with Gasteiger partial charge in [0.15, 0.2) is 0 Å². The van der Waals surface area contributed by atoms with Gasteiger partial charge in [-0.05, 0) is 18.3 Å². The summed E-state index contributed by atoms with van der Waals surface area (Å²) < 4.78 is 0. The molecule has 0 amide bonds. The molecular weight excluding hydrogens is 200 g/mol. The van der Waals surface area contributed by atoms with Crippen LogP contribution >= 0.6 is 15.9 Å². The van der Waals surface area contributed by atoms with E-state index in [4.69, 9.17) is 0 Å². The Kier molecular flexibility index (Phi) is 6.31. The lowest BCUT2D eigenvalue weighted by Gasteiger charge is -2.13. The summed E-state index contributed by atoms with van der Waals surface area (Å²) in [4.78, 5) is 0.685. The summed E-state index contributed by atoms with van der Waals surface area (Å²) >= 11 is 3.58. The largest absolute Gasteiger partial charge is 0.0894 e. The molecule has 0 saturated heterocycles. The van der Waals surface area contributed by atoms with E-state index < -0.39 is 0 Å². The molecule has 0 aliphatic heterocycles. The molecule has 0 rings (SSSR count). The van der Waals surface area contributed by atoms with Crippen LogP contribution in [0.2, 0.25) is 0 Å². The van der Waals surface area contributed by atoms with Gasteiger partial charge >= 0.3 is 0 Å². The first-order valence-corrected chi connectivity index (χ1v) is 5.58.